The minimum absolute atomic E-state index is 0. The van der Waals surface area contributed by atoms with E-state index in [4.69, 9.17) is 0 Å². The van der Waals surface area contributed by atoms with Gasteiger partial charge in [0.05, 0.1) is 0 Å². The lowest BCUT2D eigenvalue weighted by atomic mass is 9.96. The number of urea groups is 1. The molecule has 2 saturated heterocycles. The number of imide groups is 1. The van der Waals surface area contributed by atoms with Crippen molar-refractivity contribution in [2.45, 2.75) is 57.0 Å². The van der Waals surface area contributed by atoms with Gasteiger partial charge in [-0.05, 0) is 52.1 Å². The molecule has 0 aromatic carbocycles. The third-order valence-corrected chi connectivity index (χ3v) is 5.81. The molecule has 2 heterocycles. The molecule has 8 heteroatoms. The molecule has 142 valence electrons. The van der Waals surface area contributed by atoms with Gasteiger partial charge in [0.2, 0.25) is 5.91 Å². The number of piperidine rings is 1. The molecule has 7 nitrogen and oxygen atoms in total. The number of halogens is 1. The topological polar surface area (TPSA) is 81.8 Å². The summed E-state index contributed by atoms with van der Waals surface area (Å²) in [6, 6.07) is -1.13. The average Bonchev–Trinajstić information content (AvgIpc) is 3.13. The Balaban J connectivity index is 0.00000225. The summed E-state index contributed by atoms with van der Waals surface area (Å²) in [5, 5.41) is 6.03. The highest BCUT2D eigenvalue weighted by molar-refractivity contribution is 6.09. The Labute approximate surface area is 155 Å². The third-order valence-electron chi connectivity index (χ3n) is 5.81. The Morgan fingerprint density at radius 2 is 1.88 bits per heavy atom. The molecular formula is C17H29ClN4O3. The van der Waals surface area contributed by atoms with Crippen LogP contribution in [-0.2, 0) is 9.59 Å². The van der Waals surface area contributed by atoms with Crippen molar-refractivity contribution < 1.29 is 14.4 Å². The van der Waals surface area contributed by atoms with E-state index < -0.39 is 17.6 Å². The lowest BCUT2D eigenvalue weighted by Crippen LogP contribution is -2.52. The molecule has 3 fully saturated rings. The second kappa shape index (κ2) is 7.91. The van der Waals surface area contributed by atoms with Crippen LogP contribution in [0.4, 0.5) is 4.79 Å². The van der Waals surface area contributed by atoms with Crippen LogP contribution in [0.15, 0.2) is 0 Å². The normalized spacial score (nSPS) is 24.4. The number of hydrogen-bond acceptors (Lipinski definition) is 4. The maximum Gasteiger partial charge on any atom is 0.325 e. The van der Waals surface area contributed by atoms with E-state index in [1.54, 1.807) is 11.8 Å². The zero-order chi connectivity index (χ0) is 17.3. The first-order valence-corrected chi connectivity index (χ1v) is 9.08. The summed E-state index contributed by atoms with van der Waals surface area (Å²) >= 11 is 0. The smallest absolute Gasteiger partial charge is 0.325 e. The van der Waals surface area contributed by atoms with Crippen LogP contribution in [0.1, 0.15) is 45.4 Å². The molecule has 3 rings (SSSR count). The van der Waals surface area contributed by atoms with E-state index in [2.05, 4.69) is 10.6 Å². The average molecular weight is 373 g/mol. The maximum atomic E-state index is 12.8. The van der Waals surface area contributed by atoms with Crippen LogP contribution >= 0.6 is 12.4 Å². The minimum Gasteiger partial charge on any atom is -0.341 e. The summed E-state index contributed by atoms with van der Waals surface area (Å²) in [5.74, 6) is 0.264. The number of carbonyl (C=O) groups excluding carboxylic acids is 3. The molecule has 4 amide bonds. The standard InChI is InChI=1S/C17H28N4O3.ClH/c1-12(14(22)20-9-5-13(6-10-20)11-18-2)21-15(23)17(19-16(21)24)7-3-4-8-17;/h12-13,18H,3-11H2,1-2H3,(H,19,24);1H. The molecule has 3 aliphatic rings. The highest BCUT2D eigenvalue weighted by Gasteiger charge is 2.54. The number of carbonyl (C=O) groups is 3. The van der Waals surface area contributed by atoms with Crippen molar-refractivity contribution in [2.24, 2.45) is 5.92 Å². The number of amides is 4. The van der Waals surface area contributed by atoms with E-state index in [0.29, 0.717) is 31.8 Å². The minimum atomic E-state index is -0.745. The Kier molecular flexibility index (Phi) is 6.32. The fourth-order valence-corrected chi connectivity index (χ4v) is 4.33. The van der Waals surface area contributed by atoms with Gasteiger partial charge in [-0.2, -0.15) is 0 Å². The molecule has 2 aliphatic heterocycles. The second-order valence-corrected chi connectivity index (χ2v) is 7.40. The van der Waals surface area contributed by atoms with E-state index in [1.807, 2.05) is 7.05 Å². The van der Waals surface area contributed by atoms with Gasteiger partial charge in [-0.15, -0.1) is 12.4 Å². The van der Waals surface area contributed by atoms with Gasteiger partial charge >= 0.3 is 6.03 Å². The summed E-state index contributed by atoms with van der Waals surface area (Å²) in [6.07, 6.45) is 5.18. The Morgan fingerprint density at radius 3 is 2.44 bits per heavy atom. The fraction of sp³-hybridized carbons (Fsp3) is 0.824. The predicted molar refractivity (Wildman–Crippen MR) is 96.5 cm³/mol. The van der Waals surface area contributed by atoms with E-state index in [1.165, 1.54) is 0 Å². The number of rotatable bonds is 4. The molecule has 1 saturated carbocycles. The van der Waals surface area contributed by atoms with Crippen molar-refractivity contribution in [3.05, 3.63) is 0 Å². The number of likely N-dealkylation sites (tertiary alicyclic amines) is 1. The van der Waals surface area contributed by atoms with E-state index in [9.17, 15) is 14.4 Å². The maximum absolute atomic E-state index is 12.8. The van der Waals surface area contributed by atoms with Crippen molar-refractivity contribution in [1.82, 2.24) is 20.4 Å². The van der Waals surface area contributed by atoms with Crippen molar-refractivity contribution in [3.63, 3.8) is 0 Å². The summed E-state index contributed by atoms with van der Waals surface area (Å²) in [6.45, 7) is 4.04. The number of nitrogens with one attached hydrogen (secondary N) is 2. The van der Waals surface area contributed by atoms with Crippen LogP contribution in [0.2, 0.25) is 0 Å². The molecule has 25 heavy (non-hydrogen) atoms. The molecule has 0 radical (unpaired) electrons. The molecule has 0 aromatic heterocycles. The summed E-state index contributed by atoms with van der Waals surface area (Å²) in [4.78, 5) is 40.8. The lowest BCUT2D eigenvalue weighted by Gasteiger charge is -2.35. The van der Waals surface area contributed by atoms with E-state index in [-0.39, 0.29) is 24.2 Å². The Hall–Kier alpha value is -1.34. The highest BCUT2D eigenvalue weighted by atomic mass is 35.5. The predicted octanol–water partition coefficient (Wildman–Crippen LogP) is 1.12. The SMILES string of the molecule is CNCC1CCN(C(=O)C(C)N2C(=O)NC3(CCCC3)C2=O)CC1.Cl. The fourth-order valence-electron chi connectivity index (χ4n) is 4.33. The van der Waals surface area contributed by atoms with Gasteiger partial charge < -0.3 is 15.5 Å². The van der Waals surface area contributed by atoms with Gasteiger partial charge in [0.25, 0.3) is 5.91 Å². The molecule has 1 atom stereocenters. The number of hydrogen-bond donors (Lipinski definition) is 2. The van der Waals surface area contributed by atoms with Crippen LogP contribution in [0, 0.1) is 5.92 Å². The van der Waals surface area contributed by atoms with Crippen molar-refractivity contribution in [3.8, 4) is 0 Å². The Bertz CT molecular complexity index is 528. The molecule has 0 aromatic rings. The van der Waals surface area contributed by atoms with Gasteiger partial charge in [0.1, 0.15) is 11.6 Å². The second-order valence-electron chi connectivity index (χ2n) is 7.40. The monoisotopic (exact) mass is 372 g/mol. The Morgan fingerprint density at radius 1 is 1.28 bits per heavy atom. The summed E-state index contributed by atoms with van der Waals surface area (Å²) in [7, 11) is 1.94. The van der Waals surface area contributed by atoms with Crippen molar-refractivity contribution in [2.75, 3.05) is 26.7 Å². The van der Waals surface area contributed by atoms with Crippen molar-refractivity contribution in [1.29, 1.82) is 0 Å². The van der Waals surface area contributed by atoms with Gasteiger partial charge in [-0.25, -0.2) is 9.69 Å². The van der Waals surface area contributed by atoms with E-state index in [0.717, 1.165) is 37.1 Å². The van der Waals surface area contributed by atoms with Crippen LogP contribution in [0.5, 0.6) is 0 Å². The van der Waals surface area contributed by atoms with Crippen molar-refractivity contribution >= 4 is 30.3 Å². The molecule has 1 spiro atoms. The highest BCUT2D eigenvalue weighted by Crippen LogP contribution is 2.36. The quantitative estimate of drug-likeness (QED) is 0.724. The first-order chi connectivity index (χ1) is 11.5. The zero-order valence-electron chi connectivity index (χ0n) is 15.0. The lowest BCUT2D eigenvalue weighted by molar-refractivity contribution is -0.143. The van der Waals surface area contributed by atoms with Crippen LogP contribution in [0.3, 0.4) is 0 Å². The van der Waals surface area contributed by atoms with Gasteiger partial charge in [0.15, 0.2) is 0 Å². The van der Waals surface area contributed by atoms with Crippen LogP contribution in [-0.4, -0.2) is 65.9 Å². The molecule has 0 bridgehead atoms. The first-order valence-electron chi connectivity index (χ1n) is 9.08. The van der Waals surface area contributed by atoms with Crippen LogP contribution < -0.4 is 10.6 Å². The van der Waals surface area contributed by atoms with Gasteiger partial charge in [-0.1, -0.05) is 12.8 Å². The molecule has 2 N–H and O–H groups in total. The third kappa shape index (κ3) is 3.62. The molecular weight excluding hydrogens is 344 g/mol. The largest absolute Gasteiger partial charge is 0.341 e. The number of nitrogens with zero attached hydrogens (tertiary/aromatic N) is 2. The summed E-state index contributed by atoms with van der Waals surface area (Å²) in [5.41, 5.74) is -0.745. The van der Waals surface area contributed by atoms with Crippen LogP contribution in [0.25, 0.3) is 0 Å². The summed E-state index contributed by atoms with van der Waals surface area (Å²) < 4.78 is 0. The first kappa shape index (κ1) is 20.0. The zero-order valence-corrected chi connectivity index (χ0v) is 15.9. The van der Waals surface area contributed by atoms with E-state index >= 15 is 0 Å². The molecule has 1 unspecified atom stereocenters. The van der Waals surface area contributed by atoms with Gasteiger partial charge in [0, 0.05) is 13.1 Å². The van der Waals surface area contributed by atoms with Gasteiger partial charge in [-0.3, -0.25) is 9.59 Å². The molecule has 1 aliphatic carbocycles.